The summed E-state index contributed by atoms with van der Waals surface area (Å²) >= 11 is 0. The van der Waals surface area contributed by atoms with Crippen molar-refractivity contribution in [3.05, 3.63) is 65.1 Å². The van der Waals surface area contributed by atoms with Crippen LogP contribution in [0.1, 0.15) is 5.56 Å². The van der Waals surface area contributed by atoms with Crippen LogP contribution in [0.5, 0.6) is 0 Å². The Bertz CT molecular complexity index is 909. The fraction of sp³-hybridized carbons (Fsp3) is 0.211. The van der Waals surface area contributed by atoms with Gasteiger partial charge in [-0.15, -0.1) is 0 Å². The number of nitriles is 1. The predicted molar refractivity (Wildman–Crippen MR) is 96.7 cm³/mol. The van der Waals surface area contributed by atoms with E-state index in [2.05, 4.69) is 4.90 Å². The van der Waals surface area contributed by atoms with Gasteiger partial charge in [-0.3, -0.25) is 0 Å². The van der Waals surface area contributed by atoms with Gasteiger partial charge in [-0.25, -0.2) is 8.42 Å². The fourth-order valence-corrected chi connectivity index (χ4v) is 3.91. The molecule has 128 valence electrons. The Kier molecular flexibility index (Phi) is 5.17. The lowest BCUT2D eigenvalue weighted by Gasteiger charge is -2.30. The average molecular weight is 354 g/mol. The van der Waals surface area contributed by atoms with Crippen LogP contribution in [0.4, 0.5) is 5.69 Å². The number of hydrogen-bond donors (Lipinski definition) is 0. The van der Waals surface area contributed by atoms with E-state index in [0.29, 0.717) is 18.8 Å². The molecule has 6 heteroatoms. The molecular weight excluding hydrogens is 336 g/mol. The Morgan fingerprint density at radius 2 is 1.68 bits per heavy atom. The van der Waals surface area contributed by atoms with E-state index >= 15 is 0 Å². The first-order valence-electron chi connectivity index (χ1n) is 7.96. The first-order valence-corrected chi connectivity index (χ1v) is 9.45. The van der Waals surface area contributed by atoms with Crippen molar-refractivity contribution in [2.45, 2.75) is 4.90 Å². The molecule has 0 radical (unpaired) electrons. The second kappa shape index (κ2) is 7.51. The van der Waals surface area contributed by atoms with E-state index in [4.69, 9.17) is 4.74 Å². The van der Waals surface area contributed by atoms with E-state index < -0.39 is 9.84 Å². The van der Waals surface area contributed by atoms with Crippen LogP contribution in [-0.2, 0) is 14.6 Å². The zero-order valence-corrected chi connectivity index (χ0v) is 14.4. The summed E-state index contributed by atoms with van der Waals surface area (Å²) in [6.07, 6.45) is 1.45. The highest BCUT2D eigenvalue weighted by atomic mass is 32.2. The third-order valence-electron chi connectivity index (χ3n) is 4.03. The van der Waals surface area contributed by atoms with Crippen LogP contribution in [0, 0.1) is 11.3 Å². The number of para-hydroxylation sites is 1. The first kappa shape index (κ1) is 17.2. The number of morpholine rings is 1. The summed E-state index contributed by atoms with van der Waals surface area (Å²) < 4.78 is 30.8. The molecule has 0 spiro atoms. The van der Waals surface area contributed by atoms with Gasteiger partial charge in [-0.2, -0.15) is 5.26 Å². The van der Waals surface area contributed by atoms with Crippen molar-refractivity contribution >= 4 is 21.6 Å². The van der Waals surface area contributed by atoms with Gasteiger partial charge < -0.3 is 9.64 Å². The van der Waals surface area contributed by atoms with Crippen molar-refractivity contribution in [1.82, 2.24) is 0 Å². The lowest BCUT2D eigenvalue weighted by Crippen LogP contribution is -2.36. The van der Waals surface area contributed by atoms with Crippen LogP contribution < -0.4 is 4.90 Å². The van der Waals surface area contributed by atoms with E-state index in [1.165, 1.54) is 18.2 Å². The van der Waals surface area contributed by atoms with E-state index in [-0.39, 0.29) is 9.80 Å². The van der Waals surface area contributed by atoms with Gasteiger partial charge in [0.05, 0.1) is 18.1 Å². The Labute approximate surface area is 147 Å². The standard InChI is InChI=1S/C19H18N2O3S/c20-15-18(25(22,23)17-7-2-1-3-8-17)14-16-6-4-5-9-19(16)21-10-12-24-13-11-21/h1-9,14H,10-13H2. The van der Waals surface area contributed by atoms with Gasteiger partial charge in [0.15, 0.2) is 0 Å². The zero-order valence-electron chi connectivity index (χ0n) is 13.6. The van der Waals surface area contributed by atoms with E-state index in [1.54, 1.807) is 18.2 Å². The van der Waals surface area contributed by atoms with E-state index in [1.807, 2.05) is 30.3 Å². The van der Waals surface area contributed by atoms with Gasteiger partial charge in [0.25, 0.3) is 0 Å². The number of benzene rings is 2. The van der Waals surface area contributed by atoms with Crippen LogP contribution in [0.25, 0.3) is 6.08 Å². The molecule has 25 heavy (non-hydrogen) atoms. The van der Waals surface area contributed by atoms with Crippen molar-refractivity contribution < 1.29 is 13.2 Å². The molecule has 0 amide bonds. The second-order valence-electron chi connectivity index (χ2n) is 5.60. The quantitative estimate of drug-likeness (QED) is 0.790. The molecule has 0 aliphatic carbocycles. The number of ether oxygens (including phenoxy) is 1. The zero-order chi connectivity index (χ0) is 17.7. The number of allylic oxidation sites excluding steroid dienone is 1. The van der Waals surface area contributed by atoms with Gasteiger partial charge in [0.2, 0.25) is 9.84 Å². The highest BCUT2D eigenvalue weighted by molar-refractivity contribution is 7.95. The van der Waals surface area contributed by atoms with Crippen LogP contribution in [-0.4, -0.2) is 34.7 Å². The fourth-order valence-electron chi connectivity index (χ4n) is 2.74. The molecule has 0 aromatic heterocycles. The van der Waals surface area contributed by atoms with Gasteiger partial charge in [-0.05, 0) is 29.8 Å². The number of hydrogen-bond acceptors (Lipinski definition) is 5. The van der Waals surface area contributed by atoms with Gasteiger partial charge in [-0.1, -0.05) is 36.4 Å². The normalized spacial score (nSPS) is 15.6. The molecule has 1 saturated heterocycles. The first-order chi connectivity index (χ1) is 12.1. The van der Waals surface area contributed by atoms with Gasteiger partial charge in [0.1, 0.15) is 11.0 Å². The molecule has 1 heterocycles. The molecule has 1 aliphatic heterocycles. The van der Waals surface area contributed by atoms with Crippen molar-refractivity contribution in [2.24, 2.45) is 0 Å². The second-order valence-corrected chi connectivity index (χ2v) is 7.51. The van der Waals surface area contributed by atoms with Gasteiger partial charge >= 0.3 is 0 Å². The van der Waals surface area contributed by atoms with E-state index in [0.717, 1.165) is 18.8 Å². The molecule has 5 nitrogen and oxygen atoms in total. The summed E-state index contributed by atoms with van der Waals surface area (Å²) in [7, 11) is -3.84. The number of anilines is 1. The minimum atomic E-state index is -3.84. The van der Waals surface area contributed by atoms with E-state index in [9.17, 15) is 13.7 Å². The van der Waals surface area contributed by atoms with Crippen molar-refractivity contribution in [1.29, 1.82) is 5.26 Å². The van der Waals surface area contributed by atoms with Gasteiger partial charge in [0, 0.05) is 18.8 Å². The molecule has 0 saturated carbocycles. The number of nitrogens with zero attached hydrogens (tertiary/aromatic N) is 2. The molecule has 3 rings (SSSR count). The monoisotopic (exact) mass is 354 g/mol. The van der Waals surface area contributed by atoms with Crippen LogP contribution >= 0.6 is 0 Å². The Morgan fingerprint density at radius 3 is 2.36 bits per heavy atom. The average Bonchev–Trinajstić information content (AvgIpc) is 2.67. The maximum atomic E-state index is 12.7. The predicted octanol–water partition coefficient (Wildman–Crippen LogP) is 2.86. The van der Waals surface area contributed by atoms with Crippen molar-refractivity contribution in [3.63, 3.8) is 0 Å². The van der Waals surface area contributed by atoms with Crippen LogP contribution in [0.2, 0.25) is 0 Å². The lowest BCUT2D eigenvalue weighted by molar-refractivity contribution is 0.122. The lowest BCUT2D eigenvalue weighted by atomic mass is 10.1. The summed E-state index contributed by atoms with van der Waals surface area (Å²) in [4.78, 5) is 1.99. The summed E-state index contributed by atoms with van der Waals surface area (Å²) in [5.74, 6) is 0. The minimum Gasteiger partial charge on any atom is -0.378 e. The number of rotatable bonds is 4. The minimum absolute atomic E-state index is 0.117. The Balaban J connectivity index is 2.03. The van der Waals surface area contributed by atoms with Crippen molar-refractivity contribution in [2.75, 3.05) is 31.2 Å². The molecule has 2 aromatic rings. The molecular formula is C19H18N2O3S. The van der Waals surface area contributed by atoms with Crippen LogP contribution in [0.3, 0.4) is 0 Å². The maximum Gasteiger partial charge on any atom is 0.216 e. The maximum absolute atomic E-state index is 12.7. The number of sulfone groups is 1. The largest absolute Gasteiger partial charge is 0.378 e. The third kappa shape index (κ3) is 3.73. The molecule has 2 aromatic carbocycles. The topological polar surface area (TPSA) is 70.4 Å². The molecule has 0 N–H and O–H groups in total. The van der Waals surface area contributed by atoms with Crippen molar-refractivity contribution in [3.8, 4) is 6.07 Å². The molecule has 0 atom stereocenters. The summed E-state index contributed by atoms with van der Waals surface area (Å²) in [6.45, 7) is 2.73. The Morgan fingerprint density at radius 1 is 1.04 bits per heavy atom. The highest BCUT2D eigenvalue weighted by Gasteiger charge is 2.21. The smallest absolute Gasteiger partial charge is 0.216 e. The molecule has 1 fully saturated rings. The summed E-state index contributed by atoms with van der Waals surface area (Å²) in [5.41, 5.74) is 1.61. The molecule has 0 bridgehead atoms. The molecule has 0 unspecified atom stereocenters. The van der Waals surface area contributed by atoms with Crippen LogP contribution in [0.15, 0.2) is 64.4 Å². The highest BCUT2D eigenvalue weighted by Crippen LogP contribution is 2.27. The Hall–Kier alpha value is -2.62. The SMILES string of the molecule is N#CC(=Cc1ccccc1N1CCOCC1)S(=O)(=O)c1ccccc1. The third-order valence-corrected chi connectivity index (χ3v) is 5.71. The summed E-state index contributed by atoms with van der Waals surface area (Å²) in [5, 5.41) is 9.45. The molecule has 1 aliphatic rings. The summed E-state index contributed by atoms with van der Waals surface area (Å²) in [6, 6.07) is 17.4.